The molecule has 0 radical (unpaired) electrons. The predicted molar refractivity (Wildman–Crippen MR) is 150 cm³/mol. The molecule has 0 bridgehead atoms. The smallest absolute Gasteiger partial charge is 0.338 e. The van der Waals surface area contributed by atoms with Crippen LogP contribution in [0, 0.1) is 0 Å². The molecule has 0 unspecified atom stereocenters. The van der Waals surface area contributed by atoms with Crippen LogP contribution in [0.15, 0.2) is 24.3 Å². The number of esters is 1. The van der Waals surface area contributed by atoms with Crippen LogP contribution in [0.4, 0.5) is 5.69 Å². The number of likely N-dealkylation sites (N-methyl/N-ethyl adjacent to an activating group) is 1. The fourth-order valence-corrected chi connectivity index (χ4v) is 4.96. The average molecular weight is 614 g/mol. The van der Waals surface area contributed by atoms with E-state index in [0.29, 0.717) is 12.2 Å². The lowest BCUT2D eigenvalue weighted by Crippen LogP contribution is -2.66. The van der Waals surface area contributed by atoms with Crippen molar-refractivity contribution in [3.8, 4) is 0 Å². The van der Waals surface area contributed by atoms with E-state index in [9.17, 15) is 34.8 Å². The molecule has 0 spiro atoms. The fraction of sp³-hybridized carbons (Fsp3) is 0.679. The Bertz CT molecular complexity index is 1060. The number of methoxy groups -OCH3 is 1. The van der Waals surface area contributed by atoms with E-state index in [1.165, 1.54) is 38.3 Å². The van der Waals surface area contributed by atoms with Crippen molar-refractivity contribution in [2.75, 3.05) is 51.9 Å². The second-order valence-electron chi connectivity index (χ2n) is 10.3. The van der Waals surface area contributed by atoms with E-state index in [1.54, 1.807) is 0 Å². The molecule has 0 saturated carbocycles. The second kappa shape index (κ2) is 16.4. The second-order valence-corrected chi connectivity index (χ2v) is 10.3. The van der Waals surface area contributed by atoms with Crippen LogP contribution in [-0.2, 0) is 33.3 Å². The molecule has 2 saturated heterocycles. The van der Waals surface area contributed by atoms with Gasteiger partial charge in [0.25, 0.3) is 5.91 Å². The van der Waals surface area contributed by atoms with Crippen molar-refractivity contribution in [1.82, 2.24) is 10.2 Å². The van der Waals surface area contributed by atoms with E-state index in [2.05, 4.69) is 15.5 Å². The largest absolute Gasteiger partial charge is 0.461 e. The monoisotopic (exact) mass is 613 g/mol. The average Bonchev–Trinajstić information content (AvgIpc) is 2.99. The molecule has 0 aromatic heterocycles. The molecule has 9 atom stereocenters. The Balaban J connectivity index is 1.68. The summed E-state index contributed by atoms with van der Waals surface area (Å²) in [4.78, 5) is 39.5. The number of amides is 2. The third-order valence-corrected chi connectivity index (χ3v) is 7.46. The van der Waals surface area contributed by atoms with Gasteiger partial charge in [-0.05, 0) is 37.4 Å². The minimum Gasteiger partial charge on any atom is -0.461 e. The molecule has 242 valence electrons. The van der Waals surface area contributed by atoms with Crippen LogP contribution in [0.25, 0.3) is 0 Å². The molecule has 2 aliphatic heterocycles. The summed E-state index contributed by atoms with van der Waals surface area (Å²) in [5, 5.41) is 47.0. The summed E-state index contributed by atoms with van der Waals surface area (Å²) in [6, 6.07) is 5.07. The van der Waals surface area contributed by atoms with Gasteiger partial charge in [-0.25, -0.2) is 4.79 Å². The zero-order valence-electron chi connectivity index (χ0n) is 24.8. The van der Waals surface area contributed by atoms with E-state index in [-0.39, 0.29) is 18.8 Å². The first-order valence-electron chi connectivity index (χ1n) is 14.2. The van der Waals surface area contributed by atoms with Gasteiger partial charge in [0.15, 0.2) is 12.4 Å². The lowest BCUT2D eigenvalue weighted by Gasteiger charge is -2.45. The number of nitrogens with one attached hydrogen (secondary N) is 2. The Kier molecular flexibility index (Phi) is 13.2. The molecular weight excluding hydrogens is 570 g/mol. The van der Waals surface area contributed by atoms with Gasteiger partial charge < -0.3 is 59.6 Å². The minimum atomic E-state index is -1.71. The first kappa shape index (κ1) is 34.8. The summed E-state index contributed by atoms with van der Waals surface area (Å²) in [7, 11) is 1.23. The molecule has 15 heteroatoms. The molecule has 43 heavy (non-hydrogen) atoms. The van der Waals surface area contributed by atoms with Gasteiger partial charge in [-0.3, -0.25) is 9.59 Å². The van der Waals surface area contributed by atoms with Crippen LogP contribution < -0.4 is 10.6 Å². The summed E-state index contributed by atoms with van der Waals surface area (Å²) in [5.74, 6) is -1.70. The van der Waals surface area contributed by atoms with E-state index >= 15 is 0 Å². The maximum Gasteiger partial charge on any atom is 0.338 e. The lowest BCUT2D eigenvalue weighted by atomic mass is 9.96. The van der Waals surface area contributed by atoms with Crippen LogP contribution in [0.3, 0.4) is 0 Å². The van der Waals surface area contributed by atoms with Gasteiger partial charge in [-0.2, -0.15) is 0 Å². The van der Waals surface area contributed by atoms with E-state index in [1.807, 2.05) is 13.8 Å². The van der Waals surface area contributed by atoms with Gasteiger partial charge in [0.1, 0.15) is 43.2 Å². The highest BCUT2D eigenvalue weighted by Gasteiger charge is 2.51. The highest BCUT2D eigenvalue weighted by Crippen LogP contribution is 2.29. The van der Waals surface area contributed by atoms with E-state index < -0.39 is 79.5 Å². The summed E-state index contributed by atoms with van der Waals surface area (Å²) in [5.41, 5.74) is 0.593. The number of rotatable bonds is 13. The number of aliphatic hydroxyl groups is 4. The van der Waals surface area contributed by atoms with Crippen molar-refractivity contribution in [3.63, 3.8) is 0 Å². The number of carbonyl (C=O) groups excluding carboxylic acids is 3. The molecule has 1 aromatic carbocycles. The number of ether oxygens (including phenoxy) is 5. The number of hydrogen-bond donors (Lipinski definition) is 6. The number of hydrogen-bond acceptors (Lipinski definition) is 13. The van der Waals surface area contributed by atoms with Crippen molar-refractivity contribution < 1.29 is 58.5 Å². The summed E-state index contributed by atoms with van der Waals surface area (Å²) in [6.07, 6.45) is -11.5. The van der Waals surface area contributed by atoms with Crippen LogP contribution in [0.2, 0.25) is 0 Å². The van der Waals surface area contributed by atoms with Crippen molar-refractivity contribution >= 4 is 23.5 Å². The Morgan fingerprint density at radius 1 is 1.02 bits per heavy atom. The number of benzene rings is 1. The normalized spacial score (nSPS) is 31.0. The highest BCUT2D eigenvalue weighted by molar-refractivity contribution is 5.96. The molecule has 2 heterocycles. The molecule has 15 nitrogen and oxygen atoms in total. The maximum absolute atomic E-state index is 13.3. The standard InChI is InChI=1S/C28H43N3O12/c1-5-31(6-2)11-12-40-27(38)16-7-9-17(10-8-16)30-26(37)25-24(39-4)21(35)22(36)28(43-25)42-23-18(29-15(3)33)14-41-19(13-32)20(23)34/h7-10,18-25,28,32,34-36H,5-6,11-14H2,1-4H3,(H,29,33)(H,30,37)/t18-,19+,20+,21+,22+,23+,24-,25-,28+/m0/s1. The Labute approximate surface area is 250 Å². The SMILES string of the molecule is CCN(CC)CCOC(=O)c1ccc(NC(=O)[C@H]2O[C@@H](O[C@H]3[C@H](O)[C@@H](CO)OC[C@@H]3NC(C)=O)[C@H](O)[C@@H](O)[C@@H]2OC)cc1. The minimum absolute atomic E-state index is 0.123. The van der Waals surface area contributed by atoms with E-state index in [4.69, 9.17) is 23.7 Å². The van der Waals surface area contributed by atoms with Crippen molar-refractivity contribution in [3.05, 3.63) is 29.8 Å². The Morgan fingerprint density at radius 3 is 2.28 bits per heavy atom. The zero-order valence-corrected chi connectivity index (χ0v) is 24.8. The zero-order chi connectivity index (χ0) is 31.7. The molecule has 2 aliphatic rings. The first-order valence-corrected chi connectivity index (χ1v) is 14.2. The number of nitrogens with zero attached hydrogens (tertiary/aromatic N) is 1. The first-order chi connectivity index (χ1) is 20.5. The van der Waals surface area contributed by atoms with Crippen molar-refractivity contribution in [2.24, 2.45) is 0 Å². The Hall–Kier alpha value is -2.73. The number of anilines is 1. The predicted octanol–water partition coefficient (Wildman–Crippen LogP) is -1.77. The topological polar surface area (TPSA) is 206 Å². The molecule has 3 rings (SSSR count). The molecular formula is C28H43N3O12. The van der Waals surface area contributed by atoms with Crippen molar-refractivity contribution in [2.45, 2.75) is 75.8 Å². The molecule has 2 amide bonds. The molecule has 6 N–H and O–H groups in total. The maximum atomic E-state index is 13.3. The summed E-state index contributed by atoms with van der Waals surface area (Å²) >= 11 is 0. The highest BCUT2D eigenvalue weighted by atomic mass is 16.7. The Morgan fingerprint density at radius 2 is 1.70 bits per heavy atom. The van der Waals surface area contributed by atoms with E-state index in [0.717, 1.165) is 13.1 Å². The van der Waals surface area contributed by atoms with Gasteiger partial charge in [-0.15, -0.1) is 0 Å². The lowest BCUT2D eigenvalue weighted by molar-refractivity contribution is -0.321. The molecule has 2 fully saturated rings. The third kappa shape index (κ3) is 8.90. The third-order valence-electron chi connectivity index (χ3n) is 7.46. The molecule has 1 aromatic rings. The van der Waals surface area contributed by atoms with Crippen LogP contribution in [0.1, 0.15) is 31.1 Å². The molecule has 0 aliphatic carbocycles. The van der Waals surface area contributed by atoms with Gasteiger partial charge in [0.2, 0.25) is 5.91 Å². The fourth-order valence-electron chi connectivity index (χ4n) is 4.96. The van der Waals surface area contributed by atoms with Crippen LogP contribution in [0.5, 0.6) is 0 Å². The van der Waals surface area contributed by atoms with Gasteiger partial charge >= 0.3 is 5.97 Å². The summed E-state index contributed by atoms with van der Waals surface area (Å²) in [6.45, 7) is 7.18. The van der Waals surface area contributed by atoms with Gasteiger partial charge in [0, 0.05) is 26.3 Å². The van der Waals surface area contributed by atoms with Crippen molar-refractivity contribution in [1.29, 1.82) is 0 Å². The van der Waals surface area contributed by atoms with Crippen LogP contribution in [-0.4, -0.2) is 145 Å². The summed E-state index contributed by atoms with van der Waals surface area (Å²) < 4.78 is 27.5. The quantitative estimate of drug-likeness (QED) is 0.136. The number of aliphatic hydroxyl groups excluding tert-OH is 4. The number of carbonyl (C=O) groups is 3. The van der Waals surface area contributed by atoms with Gasteiger partial charge in [-0.1, -0.05) is 13.8 Å². The van der Waals surface area contributed by atoms with Crippen LogP contribution >= 0.6 is 0 Å². The van der Waals surface area contributed by atoms with Gasteiger partial charge in [0.05, 0.1) is 24.8 Å².